The summed E-state index contributed by atoms with van der Waals surface area (Å²) in [6, 6.07) is 7.79. The van der Waals surface area contributed by atoms with Gasteiger partial charge >= 0.3 is 6.61 Å². The molecule has 0 spiro atoms. The number of aromatic nitrogens is 4. The molecule has 1 fully saturated rings. The lowest BCUT2D eigenvalue weighted by molar-refractivity contribution is -0.0498. The Labute approximate surface area is 183 Å². The molecule has 2 aromatic heterocycles. The van der Waals surface area contributed by atoms with Crippen molar-refractivity contribution >= 4 is 17.6 Å². The normalized spacial score (nSPS) is 15.6. The summed E-state index contributed by atoms with van der Waals surface area (Å²) in [6.45, 7) is 3.18. The minimum absolute atomic E-state index is 0.00645. The summed E-state index contributed by atoms with van der Waals surface area (Å²) in [4.78, 5) is 10.5. The van der Waals surface area contributed by atoms with Crippen molar-refractivity contribution in [2.75, 3.05) is 23.3 Å². The van der Waals surface area contributed by atoms with Crippen LogP contribution in [0.1, 0.15) is 26.7 Å². The van der Waals surface area contributed by atoms with Gasteiger partial charge in [0.2, 0.25) is 5.95 Å². The summed E-state index contributed by atoms with van der Waals surface area (Å²) in [5.41, 5.74) is 1.65. The zero-order chi connectivity index (χ0) is 22.7. The molecule has 1 N–H and O–H groups in total. The SMILES string of the molecule is CC1(C)CCN(c2ncc(F)c(Nc3cc(-c4ccc(OC(F)F)cc4)cnn3)n2)CC1. The number of halogens is 3. The van der Waals surface area contributed by atoms with E-state index in [1.165, 1.54) is 18.3 Å². The zero-order valence-electron chi connectivity index (χ0n) is 17.7. The number of piperidine rings is 1. The first kappa shape index (κ1) is 21.8. The van der Waals surface area contributed by atoms with E-state index in [1.54, 1.807) is 18.2 Å². The maximum atomic E-state index is 14.4. The highest BCUT2D eigenvalue weighted by molar-refractivity contribution is 5.67. The molecule has 0 amide bonds. The number of ether oxygens (including phenoxy) is 1. The molecule has 10 heteroatoms. The van der Waals surface area contributed by atoms with Crippen molar-refractivity contribution in [2.24, 2.45) is 5.41 Å². The minimum Gasteiger partial charge on any atom is -0.435 e. The van der Waals surface area contributed by atoms with E-state index < -0.39 is 12.4 Å². The lowest BCUT2D eigenvalue weighted by Crippen LogP contribution is -2.38. The van der Waals surface area contributed by atoms with Crippen LogP contribution in [0.3, 0.4) is 0 Å². The van der Waals surface area contributed by atoms with Gasteiger partial charge in [0, 0.05) is 18.7 Å². The molecule has 3 heterocycles. The molecule has 1 saturated heterocycles. The number of anilines is 3. The predicted molar refractivity (Wildman–Crippen MR) is 115 cm³/mol. The van der Waals surface area contributed by atoms with Crippen molar-refractivity contribution < 1.29 is 17.9 Å². The second-order valence-corrected chi connectivity index (χ2v) is 8.38. The minimum atomic E-state index is -2.89. The Hall–Kier alpha value is -3.43. The maximum absolute atomic E-state index is 14.4. The molecule has 168 valence electrons. The fraction of sp³-hybridized carbons (Fsp3) is 0.364. The molecule has 7 nitrogen and oxygen atoms in total. The van der Waals surface area contributed by atoms with Crippen LogP contribution in [0.5, 0.6) is 5.75 Å². The van der Waals surface area contributed by atoms with E-state index in [-0.39, 0.29) is 17.0 Å². The average molecular weight is 444 g/mol. The predicted octanol–water partition coefficient (Wildman–Crippen LogP) is 5.04. The second kappa shape index (κ2) is 8.97. The molecule has 1 aliphatic heterocycles. The molecule has 0 unspecified atom stereocenters. The lowest BCUT2D eigenvalue weighted by atomic mass is 9.83. The summed E-state index contributed by atoms with van der Waals surface area (Å²) in [7, 11) is 0. The summed E-state index contributed by atoms with van der Waals surface area (Å²) in [5.74, 6) is 0.210. The van der Waals surface area contributed by atoms with Gasteiger partial charge in [0.15, 0.2) is 17.5 Å². The average Bonchev–Trinajstić information content (AvgIpc) is 2.76. The monoisotopic (exact) mass is 444 g/mol. The van der Waals surface area contributed by atoms with Gasteiger partial charge in [0.25, 0.3) is 0 Å². The third-order valence-electron chi connectivity index (χ3n) is 5.45. The highest BCUT2D eigenvalue weighted by Gasteiger charge is 2.27. The van der Waals surface area contributed by atoms with Gasteiger partial charge in [-0.15, -0.1) is 5.10 Å². The van der Waals surface area contributed by atoms with Crippen LogP contribution in [0.4, 0.5) is 30.8 Å². The van der Waals surface area contributed by atoms with Crippen molar-refractivity contribution in [1.29, 1.82) is 0 Å². The van der Waals surface area contributed by atoms with Gasteiger partial charge in [-0.3, -0.25) is 0 Å². The largest absolute Gasteiger partial charge is 0.435 e. The van der Waals surface area contributed by atoms with Gasteiger partial charge in [-0.25, -0.2) is 9.37 Å². The fourth-order valence-electron chi connectivity index (χ4n) is 3.45. The Balaban J connectivity index is 1.51. The fourth-order valence-corrected chi connectivity index (χ4v) is 3.45. The van der Waals surface area contributed by atoms with Gasteiger partial charge in [-0.1, -0.05) is 26.0 Å². The zero-order valence-corrected chi connectivity index (χ0v) is 17.7. The van der Waals surface area contributed by atoms with Crippen molar-refractivity contribution in [3.05, 3.63) is 48.5 Å². The number of rotatable bonds is 6. The molecular formula is C22H23F3N6O. The van der Waals surface area contributed by atoms with E-state index in [0.29, 0.717) is 22.9 Å². The molecule has 3 aromatic rings. The maximum Gasteiger partial charge on any atom is 0.387 e. The molecule has 0 bridgehead atoms. The van der Waals surface area contributed by atoms with Gasteiger partial charge < -0.3 is 15.0 Å². The first-order valence-corrected chi connectivity index (χ1v) is 10.2. The van der Waals surface area contributed by atoms with Crippen molar-refractivity contribution in [3.8, 4) is 16.9 Å². The Morgan fingerprint density at radius 3 is 2.47 bits per heavy atom. The van der Waals surface area contributed by atoms with Crippen LogP contribution in [0.25, 0.3) is 11.1 Å². The molecule has 32 heavy (non-hydrogen) atoms. The van der Waals surface area contributed by atoms with Crippen LogP contribution < -0.4 is 15.0 Å². The molecule has 1 aliphatic rings. The third-order valence-corrected chi connectivity index (χ3v) is 5.45. The first-order valence-electron chi connectivity index (χ1n) is 10.2. The highest BCUT2D eigenvalue weighted by Crippen LogP contribution is 2.32. The van der Waals surface area contributed by atoms with E-state index in [0.717, 1.165) is 32.1 Å². The van der Waals surface area contributed by atoms with E-state index in [9.17, 15) is 13.2 Å². The number of nitrogens with one attached hydrogen (secondary N) is 1. The Morgan fingerprint density at radius 2 is 1.78 bits per heavy atom. The van der Waals surface area contributed by atoms with Crippen LogP contribution in [0.15, 0.2) is 42.7 Å². The molecule has 0 atom stereocenters. The van der Waals surface area contributed by atoms with Gasteiger partial charge in [-0.2, -0.15) is 18.9 Å². The van der Waals surface area contributed by atoms with Crippen LogP contribution in [-0.4, -0.2) is 39.9 Å². The van der Waals surface area contributed by atoms with E-state index >= 15 is 0 Å². The second-order valence-electron chi connectivity index (χ2n) is 8.38. The number of benzene rings is 1. The number of hydrogen-bond donors (Lipinski definition) is 1. The van der Waals surface area contributed by atoms with Crippen molar-refractivity contribution in [1.82, 2.24) is 20.2 Å². The molecule has 0 radical (unpaired) electrons. The summed E-state index contributed by atoms with van der Waals surface area (Å²) in [6.07, 6.45) is 4.67. The quantitative estimate of drug-likeness (QED) is 0.571. The van der Waals surface area contributed by atoms with Crippen LogP contribution in [0.2, 0.25) is 0 Å². The third kappa shape index (κ3) is 5.24. The van der Waals surface area contributed by atoms with Gasteiger partial charge in [0.05, 0.1) is 12.4 Å². The number of nitrogens with zero attached hydrogens (tertiary/aromatic N) is 5. The van der Waals surface area contributed by atoms with Crippen LogP contribution in [0, 0.1) is 11.2 Å². The van der Waals surface area contributed by atoms with Gasteiger partial charge in [-0.05, 0) is 42.0 Å². The first-order chi connectivity index (χ1) is 15.3. The summed E-state index contributed by atoms with van der Waals surface area (Å²) < 4.78 is 43.4. The van der Waals surface area contributed by atoms with E-state index in [1.807, 2.05) is 4.90 Å². The van der Waals surface area contributed by atoms with Crippen LogP contribution >= 0.6 is 0 Å². The van der Waals surface area contributed by atoms with Crippen molar-refractivity contribution in [2.45, 2.75) is 33.3 Å². The Bertz CT molecular complexity index is 1070. The standard InChI is InChI=1S/C22H23F3N6O/c1-22(2)7-9-31(10-8-22)21-26-13-17(23)19(29-21)28-18-11-15(12-27-30-18)14-3-5-16(6-4-14)32-20(24)25/h3-6,11-13,20H,7-10H2,1-2H3,(H,26,28,29,30). The number of hydrogen-bond acceptors (Lipinski definition) is 7. The molecule has 0 saturated carbocycles. The van der Waals surface area contributed by atoms with E-state index in [2.05, 4.69) is 44.1 Å². The molecule has 4 rings (SSSR count). The lowest BCUT2D eigenvalue weighted by Gasteiger charge is -2.36. The molecular weight excluding hydrogens is 421 g/mol. The summed E-state index contributed by atoms with van der Waals surface area (Å²) in [5, 5.41) is 10.8. The smallest absolute Gasteiger partial charge is 0.387 e. The Morgan fingerprint density at radius 1 is 1.06 bits per heavy atom. The Kier molecular flexibility index (Phi) is 6.11. The molecule has 0 aliphatic carbocycles. The van der Waals surface area contributed by atoms with E-state index in [4.69, 9.17) is 0 Å². The topological polar surface area (TPSA) is 76.1 Å². The highest BCUT2D eigenvalue weighted by atomic mass is 19.3. The van der Waals surface area contributed by atoms with Gasteiger partial charge in [0.1, 0.15) is 5.75 Å². The van der Waals surface area contributed by atoms with Crippen LogP contribution in [-0.2, 0) is 0 Å². The van der Waals surface area contributed by atoms with Crippen molar-refractivity contribution in [3.63, 3.8) is 0 Å². The molecule has 1 aromatic carbocycles. The summed E-state index contributed by atoms with van der Waals surface area (Å²) >= 11 is 0. The number of alkyl halides is 2.